The van der Waals surface area contributed by atoms with Crippen molar-refractivity contribution in [3.8, 4) is 0 Å². The summed E-state index contributed by atoms with van der Waals surface area (Å²) >= 11 is 0. The molecule has 3 aromatic carbocycles. The Kier molecular flexibility index (Phi) is 13.3. The van der Waals surface area contributed by atoms with Crippen molar-refractivity contribution >= 4 is 38.7 Å². The van der Waals surface area contributed by atoms with Gasteiger partial charge in [0, 0.05) is 41.7 Å². The Hall–Kier alpha value is -5.02. The summed E-state index contributed by atoms with van der Waals surface area (Å²) in [7, 11) is 0. The average Bonchev–Trinajstić information content (AvgIpc) is 3.04. The summed E-state index contributed by atoms with van der Waals surface area (Å²) in [5, 5.41) is 31.6. The molecule has 1 unspecified atom stereocenters. The molecule has 6 aromatic rings. The number of hydrogen-bond donors (Lipinski definition) is 3. The molecule has 232 valence electrons. The van der Waals surface area contributed by atoms with Crippen LogP contribution in [0.4, 0.5) is 0 Å². The third-order valence-electron chi connectivity index (χ3n) is 6.65. The van der Waals surface area contributed by atoms with Crippen molar-refractivity contribution in [2.45, 2.75) is 46.0 Å². The number of pyridine rings is 3. The number of fused-ring (bicyclic) bond motifs is 3. The predicted octanol–water partition coefficient (Wildman–Crippen LogP) is 7.56. The van der Waals surface area contributed by atoms with Gasteiger partial charge in [-0.3, -0.25) is 19.7 Å². The van der Waals surface area contributed by atoms with Crippen LogP contribution in [-0.4, -0.2) is 36.2 Å². The normalized spacial score (nSPS) is 12.2. The summed E-state index contributed by atoms with van der Waals surface area (Å²) in [6.07, 6.45) is 4.97. The van der Waals surface area contributed by atoms with Gasteiger partial charge in [0.25, 0.3) is 0 Å². The number of carbonyl (C=O) groups excluding carboxylic acids is 1. The lowest BCUT2D eigenvalue weighted by Gasteiger charge is -2.07. The number of hydrogen-bond acceptors (Lipinski definition) is 8. The lowest BCUT2D eigenvalue weighted by Crippen LogP contribution is -1.93. The number of para-hydroxylation sites is 3. The first-order valence-corrected chi connectivity index (χ1v) is 14.5. The summed E-state index contributed by atoms with van der Waals surface area (Å²) in [6.45, 7) is 9.78. The van der Waals surface area contributed by atoms with Crippen LogP contribution in [0.3, 0.4) is 0 Å². The van der Waals surface area contributed by atoms with Gasteiger partial charge in [0.2, 0.25) is 0 Å². The number of benzene rings is 3. The van der Waals surface area contributed by atoms with Gasteiger partial charge >= 0.3 is 5.97 Å². The van der Waals surface area contributed by atoms with Gasteiger partial charge in [0.15, 0.2) is 0 Å². The monoisotopic (exact) mass is 605 g/mol. The largest absolute Gasteiger partial charge is 0.435 e. The van der Waals surface area contributed by atoms with Gasteiger partial charge in [-0.05, 0) is 73.9 Å². The highest BCUT2D eigenvalue weighted by atomic mass is 16.5. The van der Waals surface area contributed by atoms with Crippen LogP contribution in [0.2, 0.25) is 0 Å². The lowest BCUT2D eigenvalue weighted by atomic mass is 10.1. The highest BCUT2D eigenvalue weighted by Crippen LogP contribution is 2.23. The molecular weight excluding hydrogens is 566 g/mol. The molecule has 0 radical (unpaired) electrons. The van der Waals surface area contributed by atoms with Crippen molar-refractivity contribution in [2.75, 3.05) is 0 Å². The molecule has 3 heterocycles. The summed E-state index contributed by atoms with van der Waals surface area (Å²) in [4.78, 5) is 22.4. The second-order valence-corrected chi connectivity index (χ2v) is 10.1. The minimum Gasteiger partial charge on any atom is -0.435 e. The van der Waals surface area contributed by atoms with Crippen LogP contribution in [0.25, 0.3) is 32.7 Å². The molecule has 3 N–H and O–H groups in total. The third-order valence-corrected chi connectivity index (χ3v) is 6.65. The molecule has 0 bridgehead atoms. The van der Waals surface area contributed by atoms with E-state index in [9.17, 15) is 20.1 Å². The Morgan fingerprint density at radius 3 is 1.11 bits per heavy atom. The number of aromatic nitrogens is 3. The molecule has 0 aliphatic heterocycles. The third kappa shape index (κ3) is 10.0. The molecule has 0 saturated heterocycles. The Morgan fingerprint density at radius 1 is 0.600 bits per heavy atom. The number of nitrogens with zero attached hydrogens (tertiary/aromatic N) is 3. The molecule has 0 spiro atoms. The van der Waals surface area contributed by atoms with E-state index in [1.807, 2.05) is 91.0 Å². The van der Waals surface area contributed by atoms with Crippen LogP contribution in [0.5, 0.6) is 0 Å². The Bertz CT molecular complexity index is 1620. The number of carbonyl (C=O) groups is 1. The first kappa shape index (κ1) is 34.5. The van der Waals surface area contributed by atoms with E-state index in [1.54, 1.807) is 39.4 Å². The SMILES string of the molecule is C=COC(C)=O.CC(O)c1ccnc2ccccc12.C[C@@H](O)c1ccnc2ccccc12.C[C@H](O)c1ccnc2ccccc12. The van der Waals surface area contributed by atoms with Crippen LogP contribution in [0.1, 0.15) is 62.7 Å². The van der Waals surface area contributed by atoms with Gasteiger partial charge in [-0.15, -0.1) is 0 Å². The zero-order valence-corrected chi connectivity index (χ0v) is 25.9. The molecule has 0 aliphatic rings. The first-order valence-electron chi connectivity index (χ1n) is 14.5. The fourth-order valence-corrected chi connectivity index (χ4v) is 4.56. The molecule has 3 atom stereocenters. The van der Waals surface area contributed by atoms with E-state index in [1.165, 1.54) is 6.92 Å². The summed E-state index contributed by atoms with van der Waals surface area (Å²) in [5.74, 6) is -0.329. The molecule has 6 rings (SSSR count). The number of aliphatic hydroxyl groups excluding tert-OH is 3. The van der Waals surface area contributed by atoms with Crippen LogP contribution in [0.15, 0.2) is 122 Å². The van der Waals surface area contributed by atoms with Crippen molar-refractivity contribution in [3.63, 3.8) is 0 Å². The minimum absolute atomic E-state index is 0.329. The van der Waals surface area contributed by atoms with Crippen molar-refractivity contribution < 1.29 is 24.9 Å². The van der Waals surface area contributed by atoms with E-state index in [2.05, 4.69) is 26.3 Å². The predicted molar refractivity (Wildman–Crippen MR) is 179 cm³/mol. The maximum atomic E-state index is 9.75. The summed E-state index contributed by atoms with van der Waals surface area (Å²) in [5.41, 5.74) is 5.60. The number of rotatable bonds is 4. The number of ether oxygens (including phenoxy) is 1. The molecule has 8 nitrogen and oxygen atoms in total. The van der Waals surface area contributed by atoms with Crippen molar-refractivity contribution in [1.29, 1.82) is 0 Å². The van der Waals surface area contributed by atoms with Gasteiger partial charge < -0.3 is 20.1 Å². The fraction of sp³-hybridized carbons (Fsp3) is 0.189. The van der Waals surface area contributed by atoms with E-state index < -0.39 is 18.3 Å². The molecule has 45 heavy (non-hydrogen) atoms. The Morgan fingerprint density at radius 2 is 0.889 bits per heavy atom. The fourth-order valence-electron chi connectivity index (χ4n) is 4.56. The summed E-state index contributed by atoms with van der Waals surface area (Å²) in [6, 6.07) is 29.0. The van der Waals surface area contributed by atoms with Crippen molar-refractivity contribution in [2.24, 2.45) is 0 Å². The Labute approximate surface area is 263 Å². The maximum Gasteiger partial charge on any atom is 0.307 e. The second kappa shape index (κ2) is 17.3. The van der Waals surface area contributed by atoms with Crippen LogP contribution < -0.4 is 0 Å². The number of aliphatic hydroxyl groups is 3. The minimum atomic E-state index is -0.437. The molecule has 0 aliphatic carbocycles. The van der Waals surface area contributed by atoms with Gasteiger partial charge in [-0.2, -0.15) is 0 Å². The topological polar surface area (TPSA) is 126 Å². The molecular formula is C37H39N3O5. The average molecular weight is 606 g/mol. The smallest absolute Gasteiger partial charge is 0.307 e. The van der Waals surface area contributed by atoms with Crippen LogP contribution >= 0.6 is 0 Å². The van der Waals surface area contributed by atoms with Gasteiger partial charge in [-0.1, -0.05) is 61.2 Å². The van der Waals surface area contributed by atoms with E-state index in [0.29, 0.717) is 0 Å². The zero-order valence-electron chi connectivity index (χ0n) is 25.9. The van der Waals surface area contributed by atoms with Gasteiger partial charge in [0.05, 0.1) is 41.1 Å². The molecule has 0 amide bonds. The molecule has 8 heteroatoms. The van der Waals surface area contributed by atoms with Gasteiger partial charge in [-0.25, -0.2) is 0 Å². The molecule has 0 fully saturated rings. The quantitative estimate of drug-likeness (QED) is 0.139. The standard InChI is InChI=1S/3C11H11NO.C4H6O2/c3*1-8(13)9-6-7-12-11-5-3-2-4-10(9)11;1-3-6-4(2)5/h3*2-8,13H,1H3;3H,1H2,2H3/t2*8-;;/m10../s1. The number of esters is 1. The van der Waals surface area contributed by atoms with Crippen LogP contribution in [-0.2, 0) is 9.53 Å². The van der Waals surface area contributed by atoms with Crippen LogP contribution in [0, 0.1) is 0 Å². The first-order chi connectivity index (χ1) is 21.6. The molecule has 3 aromatic heterocycles. The molecule has 0 saturated carbocycles. The zero-order chi connectivity index (χ0) is 32.8. The van der Waals surface area contributed by atoms with E-state index in [-0.39, 0.29) is 5.97 Å². The van der Waals surface area contributed by atoms with E-state index >= 15 is 0 Å². The van der Waals surface area contributed by atoms with E-state index in [4.69, 9.17) is 0 Å². The highest BCUT2D eigenvalue weighted by Gasteiger charge is 2.07. The maximum absolute atomic E-state index is 9.75. The second-order valence-electron chi connectivity index (χ2n) is 10.1. The van der Waals surface area contributed by atoms with Crippen molar-refractivity contribution in [1.82, 2.24) is 15.0 Å². The Balaban J connectivity index is 0.000000169. The van der Waals surface area contributed by atoms with E-state index in [0.717, 1.165) is 55.7 Å². The highest BCUT2D eigenvalue weighted by molar-refractivity contribution is 5.83. The van der Waals surface area contributed by atoms with Crippen molar-refractivity contribution in [3.05, 3.63) is 139 Å². The summed E-state index contributed by atoms with van der Waals surface area (Å²) < 4.78 is 4.17. The lowest BCUT2D eigenvalue weighted by molar-refractivity contribution is -0.135. The van der Waals surface area contributed by atoms with Gasteiger partial charge in [0.1, 0.15) is 0 Å².